The molecule has 57 heavy (non-hydrogen) atoms. The topological polar surface area (TPSA) is 141 Å². The lowest BCUT2D eigenvalue weighted by Crippen LogP contribution is -2.50. The van der Waals surface area contributed by atoms with Gasteiger partial charge in [-0.1, -0.05) is 88.4 Å². The van der Waals surface area contributed by atoms with Gasteiger partial charge in [0.1, 0.15) is 19.0 Å². The SMILES string of the molecule is CC(C)c1nc(CN(C)C(=O)N[C@H](C(=O)C[C@@H](Cc2ccccc2)C[C@H](OC(=S)n2ccnc2)[C@H](Cc2ccccc2)NC(=O)OCc2cncs2)C(C)C)cs1. The van der Waals surface area contributed by atoms with Gasteiger partial charge in [0.2, 0.25) is 0 Å². The number of urea groups is 1. The van der Waals surface area contributed by atoms with Gasteiger partial charge in [-0.2, -0.15) is 0 Å². The number of nitrogens with one attached hydrogen (secondary N) is 2. The van der Waals surface area contributed by atoms with Crippen LogP contribution < -0.4 is 10.6 Å². The third-order valence-electron chi connectivity index (χ3n) is 9.37. The number of amides is 3. The first kappa shape index (κ1) is 43.1. The van der Waals surface area contributed by atoms with E-state index in [1.807, 2.05) is 79.9 Å². The van der Waals surface area contributed by atoms with Gasteiger partial charge in [0.05, 0.1) is 39.7 Å². The largest absolute Gasteiger partial charge is 0.465 e. The molecule has 0 fully saturated rings. The monoisotopic (exact) mass is 829 g/mol. The quantitative estimate of drug-likeness (QED) is 0.0792. The highest BCUT2D eigenvalue weighted by atomic mass is 32.1. The number of nitrogens with zero attached hydrogens (tertiary/aromatic N) is 5. The molecule has 0 aliphatic rings. The van der Waals surface area contributed by atoms with Crippen LogP contribution >= 0.6 is 34.9 Å². The number of thiazole rings is 2. The number of carbonyl (C=O) groups excluding carboxylic acids is 3. The molecule has 4 atom stereocenters. The molecule has 0 aliphatic heterocycles. The Morgan fingerprint density at radius 3 is 2.23 bits per heavy atom. The third-order valence-corrected chi connectivity index (χ3v) is 11.6. The number of ether oxygens (including phenoxy) is 2. The van der Waals surface area contributed by atoms with Crippen molar-refractivity contribution in [2.24, 2.45) is 11.8 Å². The van der Waals surface area contributed by atoms with E-state index in [0.717, 1.165) is 26.7 Å². The minimum atomic E-state index is -0.744. The summed E-state index contributed by atoms with van der Waals surface area (Å²) < 4.78 is 13.8. The first-order valence-corrected chi connectivity index (χ1v) is 21.2. The van der Waals surface area contributed by atoms with E-state index in [2.05, 4.69) is 39.4 Å². The first-order chi connectivity index (χ1) is 27.4. The van der Waals surface area contributed by atoms with Gasteiger partial charge in [-0.3, -0.25) is 14.3 Å². The predicted octanol–water partition coefficient (Wildman–Crippen LogP) is 8.05. The Labute approximate surface area is 348 Å². The molecule has 5 aromatic rings. The van der Waals surface area contributed by atoms with Crippen molar-refractivity contribution in [2.45, 2.75) is 90.6 Å². The lowest BCUT2D eigenvalue weighted by Gasteiger charge is -2.32. The summed E-state index contributed by atoms with van der Waals surface area (Å²) in [7, 11) is 1.71. The van der Waals surface area contributed by atoms with Crippen LogP contribution in [0.25, 0.3) is 0 Å². The van der Waals surface area contributed by atoms with Crippen LogP contribution in [0, 0.1) is 11.8 Å². The summed E-state index contributed by atoms with van der Waals surface area (Å²) in [6, 6.07) is 18.0. The van der Waals surface area contributed by atoms with Gasteiger partial charge in [0, 0.05) is 43.4 Å². The van der Waals surface area contributed by atoms with E-state index in [0.29, 0.717) is 31.7 Å². The summed E-state index contributed by atoms with van der Waals surface area (Å²) in [5, 5.41) is 9.22. The average Bonchev–Trinajstić information content (AvgIpc) is 4.01. The molecule has 3 aromatic heterocycles. The zero-order chi connectivity index (χ0) is 40.7. The molecule has 0 saturated heterocycles. The number of alkyl carbamates (subject to hydrolysis) is 1. The van der Waals surface area contributed by atoms with Crippen molar-refractivity contribution < 1.29 is 23.9 Å². The normalized spacial score (nSPS) is 13.4. The molecule has 3 amide bonds. The second kappa shape index (κ2) is 21.5. The van der Waals surface area contributed by atoms with Crippen molar-refractivity contribution in [3.63, 3.8) is 0 Å². The number of benzene rings is 2. The van der Waals surface area contributed by atoms with Crippen LogP contribution in [-0.2, 0) is 40.3 Å². The third kappa shape index (κ3) is 13.6. The zero-order valence-corrected chi connectivity index (χ0v) is 35.4. The Hall–Kier alpha value is -4.99. The van der Waals surface area contributed by atoms with Crippen LogP contribution in [0.2, 0.25) is 0 Å². The highest BCUT2D eigenvalue weighted by Gasteiger charge is 2.34. The van der Waals surface area contributed by atoms with Crippen LogP contribution in [0.15, 0.2) is 96.5 Å². The number of rotatable bonds is 19. The van der Waals surface area contributed by atoms with E-state index in [9.17, 15) is 14.4 Å². The van der Waals surface area contributed by atoms with E-state index in [1.165, 1.54) is 11.3 Å². The second-order valence-electron chi connectivity index (χ2n) is 14.7. The van der Waals surface area contributed by atoms with Gasteiger partial charge in [-0.15, -0.1) is 22.7 Å². The Bertz CT molecular complexity index is 1990. The van der Waals surface area contributed by atoms with Crippen molar-refractivity contribution in [2.75, 3.05) is 7.05 Å². The molecule has 2 aromatic carbocycles. The van der Waals surface area contributed by atoms with Crippen LogP contribution in [-0.4, -0.2) is 72.7 Å². The zero-order valence-electron chi connectivity index (χ0n) is 32.9. The van der Waals surface area contributed by atoms with E-state index in [-0.39, 0.29) is 41.9 Å². The minimum absolute atomic E-state index is 0.0684. The van der Waals surface area contributed by atoms with Crippen LogP contribution in [0.4, 0.5) is 9.59 Å². The van der Waals surface area contributed by atoms with E-state index in [1.54, 1.807) is 58.3 Å². The highest BCUT2D eigenvalue weighted by molar-refractivity contribution is 7.80. The first-order valence-electron chi connectivity index (χ1n) is 19.0. The summed E-state index contributed by atoms with van der Waals surface area (Å²) in [6.45, 7) is 8.42. The van der Waals surface area contributed by atoms with Crippen molar-refractivity contribution in [3.8, 4) is 0 Å². The Balaban J connectivity index is 1.40. The van der Waals surface area contributed by atoms with Crippen LogP contribution in [0.5, 0.6) is 0 Å². The fourth-order valence-corrected chi connectivity index (χ4v) is 7.97. The Morgan fingerprint density at radius 1 is 0.930 bits per heavy atom. The molecule has 0 saturated carbocycles. The van der Waals surface area contributed by atoms with Gasteiger partial charge in [-0.25, -0.2) is 19.6 Å². The van der Waals surface area contributed by atoms with E-state index in [4.69, 9.17) is 21.7 Å². The van der Waals surface area contributed by atoms with E-state index < -0.39 is 24.3 Å². The number of thiocarbonyl (C=S) groups is 1. The molecule has 0 unspecified atom stereocenters. The minimum Gasteiger partial charge on any atom is -0.465 e. The highest BCUT2D eigenvalue weighted by Crippen LogP contribution is 2.26. The smallest absolute Gasteiger partial charge is 0.407 e. The van der Waals surface area contributed by atoms with Gasteiger partial charge in [0.25, 0.3) is 5.17 Å². The van der Waals surface area contributed by atoms with Crippen LogP contribution in [0.1, 0.15) is 73.2 Å². The fraction of sp³-hybridized carbons (Fsp3) is 0.405. The standard InChI is InChI=1S/C42H51N7O5S3/c1-28(2)38(47-40(51)48(5)23-33-25-56-39(45-33)29(3)4)36(50)20-32(18-30-12-8-6-9-13-30)21-37(54-42(55)49-17-16-43-26-49)35(19-31-14-10-7-11-15-31)46-41(52)53-24-34-22-44-27-57-34/h6-17,22,25-29,32,35,37-38H,18-21,23-24H2,1-5H3,(H,46,52)(H,47,51)/t32-,35+,37+,38+/m1/s1. The van der Waals surface area contributed by atoms with E-state index >= 15 is 0 Å². The lowest BCUT2D eigenvalue weighted by atomic mass is 9.83. The summed E-state index contributed by atoms with van der Waals surface area (Å²) in [5.41, 5.74) is 4.49. The van der Waals surface area contributed by atoms with Crippen molar-refractivity contribution >= 4 is 58.0 Å². The molecule has 15 heteroatoms. The molecular weight excluding hydrogens is 779 g/mol. The predicted molar refractivity (Wildman–Crippen MR) is 227 cm³/mol. The fourth-order valence-electron chi connectivity index (χ4n) is 6.40. The average molecular weight is 830 g/mol. The lowest BCUT2D eigenvalue weighted by molar-refractivity contribution is -0.123. The van der Waals surface area contributed by atoms with Crippen molar-refractivity contribution in [1.82, 2.24) is 35.1 Å². The molecule has 302 valence electrons. The molecule has 5 rings (SSSR count). The van der Waals surface area contributed by atoms with Gasteiger partial charge < -0.3 is 25.0 Å². The molecule has 0 radical (unpaired) electrons. The number of Topliss-reactive ketones (excluding diaryl/α,β-unsaturated/α-hetero) is 1. The van der Waals surface area contributed by atoms with Crippen molar-refractivity contribution in [1.29, 1.82) is 0 Å². The second-order valence-corrected chi connectivity index (χ2v) is 16.9. The Morgan fingerprint density at radius 2 is 1.63 bits per heavy atom. The molecule has 3 heterocycles. The summed E-state index contributed by atoms with van der Waals surface area (Å²) in [4.78, 5) is 56.6. The summed E-state index contributed by atoms with van der Waals surface area (Å²) >= 11 is 8.73. The van der Waals surface area contributed by atoms with Gasteiger partial charge >= 0.3 is 12.1 Å². The molecule has 0 bridgehead atoms. The van der Waals surface area contributed by atoms with Crippen molar-refractivity contribution in [3.05, 3.63) is 123 Å². The number of hydrogen-bond donors (Lipinski definition) is 2. The van der Waals surface area contributed by atoms with Crippen LogP contribution in [0.3, 0.4) is 0 Å². The molecule has 0 spiro atoms. The van der Waals surface area contributed by atoms with Gasteiger partial charge in [-0.05, 0) is 54.4 Å². The maximum atomic E-state index is 14.4. The molecular formula is C42H51N7O5S3. The number of hydrogen-bond acceptors (Lipinski definition) is 11. The molecule has 12 nitrogen and oxygen atoms in total. The number of aromatic nitrogens is 4. The maximum Gasteiger partial charge on any atom is 0.407 e. The number of carbonyl (C=O) groups is 3. The summed E-state index contributed by atoms with van der Waals surface area (Å²) in [5.74, 6) is -0.255. The molecule has 2 N–H and O–H groups in total. The van der Waals surface area contributed by atoms with Gasteiger partial charge in [0.15, 0.2) is 5.78 Å². The number of ketones is 1. The number of imidazole rings is 1. The Kier molecular flexibility index (Phi) is 16.3. The molecule has 0 aliphatic carbocycles. The summed E-state index contributed by atoms with van der Waals surface area (Å²) in [6.07, 6.45) is 6.60. The maximum absolute atomic E-state index is 14.4.